The standard InChI is InChI=1S/C10H19N3O2S2/c1-3-4-11-6-8-17(14,15)13-9(2)10-12-5-7-16-10/h5,7,9,11,13H,3-4,6,8H2,1-2H3. The smallest absolute Gasteiger partial charge is 0.213 e. The first kappa shape index (κ1) is 14.6. The van der Waals surface area contributed by atoms with Crippen molar-refractivity contribution >= 4 is 21.4 Å². The first-order chi connectivity index (χ1) is 8.05. The molecule has 0 saturated heterocycles. The second kappa shape index (κ2) is 7.05. The van der Waals surface area contributed by atoms with Crippen molar-refractivity contribution in [1.29, 1.82) is 0 Å². The Bertz CT molecular complexity index is 403. The zero-order valence-corrected chi connectivity index (χ0v) is 11.8. The van der Waals surface area contributed by atoms with Crippen LogP contribution < -0.4 is 10.0 Å². The van der Waals surface area contributed by atoms with Gasteiger partial charge >= 0.3 is 0 Å². The Balaban J connectivity index is 2.38. The Labute approximate surface area is 107 Å². The van der Waals surface area contributed by atoms with Gasteiger partial charge in [-0.1, -0.05) is 6.92 Å². The second-order valence-corrected chi connectivity index (χ2v) is 6.58. The molecule has 0 saturated carbocycles. The predicted molar refractivity (Wildman–Crippen MR) is 70.6 cm³/mol. The molecule has 0 aliphatic carbocycles. The van der Waals surface area contributed by atoms with Gasteiger partial charge in [0.25, 0.3) is 0 Å². The average molecular weight is 277 g/mol. The molecule has 17 heavy (non-hydrogen) atoms. The first-order valence-corrected chi connectivity index (χ1v) is 8.18. The predicted octanol–water partition coefficient (Wildman–Crippen LogP) is 1.12. The molecule has 1 atom stereocenters. The maximum atomic E-state index is 11.7. The molecular formula is C10H19N3O2S2. The van der Waals surface area contributed by atoms with Crippen LogP contribution in [0.15, 0.2) is 11.6 Å². The van der Waals surface area contributed by atoms with Crippen LogP contribution in [0.2, 0.25) is 0 Å². The molecular weight excluding hydrogens is 258 g/mol. The van der Waals surface area contributed by atoms with Gasteiger partial charge in [0.1, 0.15) is 5.01 Å². The van der Waals surface area contributed by atoms with E-state index in [2.05, 4.69) is 15.0 Å². The lowest BCUT2D eigenvalue weighted by molar-refractivity contribution is 0.562. The van der Waals surface area contributed by atoms with E-state index in [4.69, 9.17) is 0 Å². The number of thiazole rings is 1. The van der Waals surface area contributed by atoms with Crippen LogP contribution in [-0.4, -0.2) is 32.2 Å². The topological polar surface area (TPSA) is 71.1 Å². The number of hydrogen-bond acceptors (Lipinski definition) is 5. The van der Waals surface area contributed by atoms with E-state index >= 15 is 0 Å². The van der Waals surface area contributed by atoms with Gasteiger partial charge in [0, 0.05) is 18.1 Å². The normalized spacial score (nSPS) is 13.8. The molecule has 2 N–H and O–H groups in total. The number of nitrogens with zero attached hydrogens (tertiary/aromatic N) is 1. The molecule has 1 unspecified atom stereocenters. The van der Waals surface area contributed by atoms with E-state index in [1.807, 2.05) is 12.3 Å². The quantitative estimate of drug-likeness (QED) is 0.699. The fourth-order valence-electron chi connectivity index (χ4n) is 1.34. The molecule has 0 aliphatic rings. The Morgan fingerprint density at radius 1 is 1.47 bits per heavy atom. The van der Waals surface area contributed by atoms with E-state index in [9.17, 15) is 8.42 Å². The third kappa shape index (κ3) is 5.58. The summed E-state index contributed by atoms with van der Waals surface area (Å²) < 4.78 is 26.1. The molecule has 0 aromatic carbocycles. The number of rotatable bonds is 8. The van der Waals surface area contributed by atoms with Crippen LogP contribution in [0.4, 0.5) is 0 Å². The zero-order chi connectivity index (χ0) is 12.7. The monoisotopic (exact) mass is 277 g/mol. The van der Waals surface area contributed by atoms with Gasteiger partial charge in [-0.3, -0.25) is 0 Å². The molecule has 0 spiro atoms. The minimum Gasteiger partial charge on any atom is -0.316 e. The number of sulfonamides is 1. The van der Waals surface area contributed by atoms with Crippen LogP contribution >= 0.6 is 11.3 Å². The van der Waals surface area contributed by atoms with Crippen LogP contribution in [0, 0.1) is 0 Å². The summed E-state index contributed by atoms with van der Waals surface area (Å²) >= 11 is 1.45. The summed E-state index contributed by atoms with van der Waals surface area (Å²) in [4.78, 5) is 4.09. The molecule has 1 rings (SSSR count). The molecule has 0 amide bonds. The number of nitrogens with one attached hydrogen (secondary N) is 2. The van der Waals surface area contributed by atoms with Gasteiger partial charge in [-0.25, -0.2) is 18.1 Å². The van der Waals surface area contributed by atoms with Gasteiger partial charge < -0.3 is 5.32 Å². The van der Waals surface area contributed by atoms with Crippen LogP contribution in [0.1, 0.15) is 31.3 Å². The van der Waals surface area contributed by atoms with E-state index in [1.54, 1.807) is 13.1 Å². The minimum absolute atomic E-state index is 0.0999. The van der Waals surface area contributed by atoms with Gasteiger partial charge in [0.15, 0.2) is 0 Å². The van der Waals surface area contributed by atoms with Crippen LogP contribution in [0.5, 0.6) is 0 Å². The van der Waals surface area contributed by atoms with Gasteiger partial charge in [0.05, 0.1) is 11.8 Å². The molecule has 0 radical (unpaired) electrons. The van der Waals surface area contributed by atoms with Crippen LogP contribution in [0.25, 0.3) is 0 Å². The summed E-state index contributed by atoms with van der Waals surface area (Å²) in [7, 11) is -3.23. The molecule has 98 valence electrons. The highest BCUT2D eigenvalue weighted by atomic mass is 32.2. The molecule has 0 bridgehead atoms. The largest absolute Gasteiger partial charge is 0.316 e. The van der Waals surface area contributed by atoms with E-state index in [0.717, 1.165) is 18.0 Å². The number of aromatic nitrogens is 1. The van der Waals surface area contributed by atoms with Gasteiger partial charge in [-0.05, 0) is 19.9 Å². The highest BCUT2D eigenvalue weighted by Gasteiger charge is 2.16. The lowest BCUT2D eigenvalue weighted by Crippen LogP contribution is -2.33. The van der Waals surface area contributed by atoms with Crippen LogP contribution in [-0.2, 0) is 10.0 Å². The third-order valence-electron chi connectivity index (χ3n) is 2.15. The van der Waals surface area contributed by atoms with Crippen molar-refractivity contribution < 1.29 is 8.42 Å². The first-order valence-electron chi connectivity index (χ1n) is 5.65. The van der Waals surface area contributed by atoms with Crippen molar-refractivity contribution in [2.45, 2.75) is 26.3 Å². The van der Waals surface area contributed by atoms with Crippen molar-refractivity contribution in [3.05, 3.63) is 16.6 Å². The Kier molecular flexibility index (Phi) is 6.04. The van der Waals surface area contributed by atoms with E-state index < -0.39 is 10.0 Å². The van der Waals surface area contributed by atoms with Crippen molar-refractivity contribution in [3.63, 3.8) is 0 Å². The molecule has 0 aliphatic heterocycles. The number of hydrogen-bond donors (Lipinski definition) is 2. The highest BCUT2D eigenvalue weighted by molar-refractivity contribution is 7.89. The maximum Gasteiger partial charge on any atom is 0.213 e. The van der Waals surface area contributed by atoms with Crippen molar-refractivity contribution in [1.82, 2.24) is 15.0 Å². The van der Waals surface area contributed by atoms with E-state index in [-0.39, 0.29) is 11.8 Å². The molecule has 1 aromatic rings. The second-order valence-electron chi connectivity index (χ2n) is 3.78. The summed E-state index contributed by atoms with van der Waals surface area (Å²) in [5.74, 6) is 0.0999. The van der Waals surface area contributed by atoms with Crippen LogP contribution in [0.3, 0.4) is 0 Å². The summed E-state index contributed by atoms with van der Waals surface area (Å²) in [5, 5.41) is 5.69. The van der Waals surface area contributed by atoms with E-state index in [1.165, 1.54) is 11.3 Å². The molecule has 1 heterocycles. The molecule has 0 fully saturated rings. The van der Waals surface area contributed by atoms with Crippen molar-refractivity contribution in [3.8, 4) is 0 Å². The van der Waals surface area contributed by atoms with Crippen molar-refractivity contribution in [2.75, 3.05) is 18.8 Å². The summed E-state index contributed by atoms with van der Waals surface area (Å²) in [5.41, 5.74) is 0. The summed E-state index contributed by atoms with van der Waals surface area (Å²) in [6.45, 7) is 5.17. The fraction of sp³-hybridized carbons (Fsp3) is 0.700. The van der Waals surface area contributed by atoms with Gasteiger partial charge in [0.2, 0.25) is 10.0 Å². The lowest BCUT2D eigenvalue weighted by Gasteiger charge is -2.12. The Morgan fingerprint density at radius 3 is 2.82 bits per heavy atom. The van der Waals surface area contributed by atoms with E-state index in [0.29, 0.717) is 6.54 Å². The lowest BCUT2D eigenvalue weighted by atomic mass is 10.4. The summed E-state index contributed by atoms with van der Waals surface area (Å²) in [6.07, 6.45) is 2.68. The van der Waals surface area contributed by atoms with Gasteiger partial charge in [-0.2, -0.15) is 0 Å². The highest BCUT2D eigenvalue weighted by Crippen LogP contribution is 2.15. The third-order valence-corrected chi connectivity index (χ3v) is 4.57. The SMILES string of the molecule is CCCNCCS(=O)(=O)NC(C)c1nccs1. The molecule has 1 aromatic heterocycles. The Morgan fingerprint density at radius 2 is 2.24 bits per heavy atom. The fourth-order valence-corrected chi connectivity index (χ4v) is 3.24. The molecule has 7 heteroatoms. The minimum atomic E-state index is -3.23. The summed E-state index contributed by atoms with van der Waals surface area (Å²) in [6, 6.07) is -0.258. The Hall–Kier alpha value is -0.500. The van der Waals surface area contributed by atoms with Gasteiger partial charge in [-0.15, -0.1) is 11.3 Å². The van der Waals surface area contributed by atoms with Crippen molar-refractivity contribution in [2.24, 2.45) is 0 Å². The maximum absolute atomic E-state index is 11.7. The molecule has 5 nitrogen and oxygen atoms in total. The zero-order valence-electron chi connectivity index (χ0n) is 10.1. The average Bonchev–Trinajstić information content (AvgIpc) is 2.77.